The van der Waals surface area contributed by atoms with E-state index in [1.165, 1.54) is 0 Å². The van der Waals surface area contributed by atoms with Crippen molar-refractivity contribution in [3.05, 3.63) is 35.7 Å². The number of aryl methyl sites for hydroxylation is 1. The number of likely N-dealkylation sites (N-methyl/N-ethyl adjacent to an activating group) is 1. The van der Waals surface area contributed by atoms with E-state index in [0.717, 1.165) is 11.1 Å². The highest BCUT2D eigenvalue weighted by atomic mass is 16.5. The topological polar surface area (TPSA) is 59.2 Å². The van der Waals surface area contributed by atoms with E-state index in [1.807, 2.05) is 52.1 Å². The van der Waals surface area contributed by atoms with Gasteiger partial charge in [-0.1, -0.05) is 36.7 Å². The van der Waals surface area contributed by atoms with Crippen molar-refractivity contribution >= 4 is 5.91 Å². The van der Waals surface area contributed by atoms with E-state index in [0.29, 0.717) is 37.0 Å². The predicted molar refractivity (Wildman–Crippen MR) is 85.3 cm³/mol. The van der Waals surface area contributed by atoms with Crippen molar-refractivity contribution in [1.82, 2.24) is 15.0 Å². The van der Waals surface area contributed by atoms with E-state index in [-0.39, 0.29) is 5.91 Å². The molecule has 0 saturated heterocycles. The highest BCUT2D eigenvalue weighted by Crippen LogP contribution is 2.18. The largest absolute Gasteiger partial charge is 0.345 e. The van der Waals surface area contributed by atoms with Gasteiger partial charge in [0.15, 0.2) is 5.82 Å². The summed E-state index contributed by atoms with van der Waals surface area (Å²) in [6.07, 6.45) is 1.16. The SMILES string of the molecule is Cc1cccc(-c2nc(CCN(C)C(=O)CC(C)C)no2)c1. The van der Waals surface area contributed by atoms with Crippen LogP contribution < -0.4 is 0 Å². The molecule has 22 heavy (non-hydrogen) atoms. The van der Waals surface area contributed by atoms with Gasteiger partial charge in [0.05, 0.1) is 0 Å². The lowest BCUT2D eigenvalue weighted by atomic mass is 10.1. The molecule has 0 unspecified atom stereocenters. The molecule has 1 amide bonds. The molecule has 1 heterocycles. The number of nitrogens with zero attached hydrogens (tertiary/aromatic N) is 3. The van der Waals surface area contributed by atoms with Crippen LogP contribution in [0.3, 0.4) is 0 Å². The first-order chi connectivity index (χ1) is 10.5. The van der Waals surface area contributed by atoms with Crippen LogP contribution in [-0.2, 0) is 11.2 Å². The lowest BCUT2D eigenvalue weighted by Gasteiger charge is -2.17. The second kappa shape index (κ2) is 7.20. The number of rotatable bonds is 6. The molecule has 0 atom stereocenters. The van der Waals surface area contributed by atoms with Gasteiger partial charge in [-0.25, -0.2) is 0 Å². The first kappa shape index (κ1) is 16.2. The molecule has 0 aliphatic rings. The normalized spacial score (nSPS) is 11.0. The molecule has 2 rings (SSSR count). The van der Waals surface area contributed by atoms with Gasteiger partial charge in [-0.05, 0) is 25.0 Å². The van der Waals surface area contributed by atoms with Gasteiger partial charge in [0, 0.05) is 32.0 Å². The molecule has 0 aliphatic heterocycles. The van der Waals surface area contributed by atoms with Crippen LogP contribution in [0.15, 0.2) is 28.8 Å². The number of carbonyl (C=O) groups is 1. The average Bonchev–Trinajstić information content (AvgIpc) is 2.93. The zero-order chi connectivity index (χ0) is 16.1. The minimum absolute atomic E-state index is 0.150. The van der Waals surface area contributed by atoms with Gasteiger partial charge in [0.2, 0.25) is 5.91 Å². The zero-order valence-corrected chi connectivity index (χ0v) is 13.7. The Labute approximate surface area is 131 Å². The molecule has 1 aromatic carbocycles. The molecule has 0 saturated carbocycles. The molecule has 2 aromatic rings. The van der Waals surface area contributed by atoms with Crippen molar-refractivity contribution in [2.45, 2.75) is 33.6 Å². The first-order valence-electron chi connectivity index (χ1n) is 7.59. The Morgan fingerprint density at radius 3 is 2.82 bits per heavy atom. The highest BCUT2D eigenvalue weighted by molar-refractivity contribution is 5.76. The van der Waals surface area contributed by atoms with Crippen LogP contribution in [0.1, 0.15) is 31.7 Å². The molecule has 0 aliphatic carbocycles. The summed E-state index contributed by atoms with van der Waals surface area (Å²) in [5.74, 6) is 1.67. The summed E-state index contributed by atoms with van der Waals surface area (Å²) in [7, 11) is 1.81. The lowest BCUT2D eigenvalue weighted by Crippen LogP contribution is -2.29. The Bertz CT molecular complexity index is 634. The van der Waals surface area contributed by atoms with Crippen LogP contribution >= 0.6 is 0 Å². The molecule has 5 heteroatoms. The first-order valence-corrected chi connectivity index (χ1v) is 7.59. The maximum atomic E-state index is 11.9. The quantitative estimate of drug-likeness (QED) is 0.822. The van der Waals surface area contributed by atoms with Crippen LogP contribution in [0.25, 0.3) is 11.5 Å². The van der Waals surface area contributed by atoms with Crippen LogP contribution in [0.5, 0.6) is 0 Å². The van der Waals surface area contributed by atoms with Gasteiger partial charge in [0.1, 0.15) is 0 Å². The maximum Gasteiger partial charge on any atom is 0.257 e. The molecule has 0 N–H and O–H groups in total. The Morgan fingerprint density at radius 2 is 2.14 bits per heavy atom. The molecular weight excluding hydrogens is 278 g/mol. The molecule has 1 aromatic heterocycles. The Kier molecular flexibility index (Phi) is 5.31. The van der Waals surface area contributed by atoms with Crippen molar-refractivity contribution in [2.75, 3.05) is 13.6 Å². The highest BCUT2D eigenvalue weighted by Gasteiger charge is 2.13. The summed E-state index contributed by atoms with van der Waals surface area (Å²) in [6, 6.07) is 7.95. The summed E-state index contributed by atoms with van der Waals surface area (Å²) in [5, 5.41) is 3.99. The third kappa shape index (κ3) is 4.41. The molecule has 0 bridgehead atoms. The number of hydrogen-bond acceptors (Lipinski definition) is 4. The minimum atomic E-state index is 0.150. The lowest BCUT2D eigenvalue weighted by molar-refractivity contribution is -0.130. The van der Waals surface area contributed by atoms with Crippen LogP contribution in [0.2, 0.25) is 0 Å². The fraction of sp³-hybridized carbons (Fsp3) is 0.471. The average molecular weight is 301 g/mol. The Morgan fingerprint density at radius 1 is 1.36 bits per heavy atom. The van der Waals surface area contributed by atoms with Gasteiger partial charge in [-0.2, -0.15) is 4.98 Å². The standard InChI is InChI=1S/C17H23N3O2/c1-12(2)10-16(21)20(4)9-8-15-18-17(22-19-15)14-7-5-6-13(3)11-14/h5-7,11-12H,8-10H2,1-4H3. The van der Waals surface area contributed by atoms with Gasteiger partial charge < -0.3 is 9.42 Å². The van der Waals surface area contributed by atoms with Crippen molar-refractivity contribution in [1.29, 1.82) is 0 Å². The second-order valence-corrected chi connectivity index (χ2v) is 6.05. The van der Waals surface area contributed by atoms with E-state index < -0.39 is 0 Å². The van der Waals surface area contributed by atoms with Crippen molar-refractivity contribution in [2.24, 2.45) is 5.92 Å². The van der Waals surface area contributed by atoms with Gasteiger partial charge in [0.25, 0.3) is 5.89 Å². The van der Waals surface area contributed by atoms with E-state index >= 15 is 0 Å². The summed E-state index contributed by atoms with van der Waals surface area (Å²) in [5.41, 5.74) is 2.07. The maximum absolute atomic E-state index is 11.9. The van der Waals surface area contributed by atoms with Gasteiger partial charge >= 0.3 is 0 Å². The molecular formula is C17H23N3O2. The van der Waals surface area contributed by atoms with Crippen LogP contribution in [0, 0.1) is 12.8 Å². The molecule has 0 fully saturated rings. The number of hydrogen-bond donors (Lipinski definition) is 0. The van der Waals surface area contributed by atoms with Crippen LogP contribution in [-0.4, -0.2) is 34.5 Å². The summed E-state index contributed by atoms with van der Waals surface area (Å²) >= 11 is 0. The number of carbonyl (C=O) groups excluding carboxylic acids is 1. The monoisotopic (exact) mass is 301 g/mol. The zero-order valence-electron chi connectivity index (χ0n) is 13.7. The van der Waals surface area contributed by atoms with Crippen molar-refractivity contribution in [3.8, 4) is 11.5 Å². The summed E-state index contributed by atoms with van der Waals surface area (Å²) in [4.78, 5) is 18.0. The molecule has 0 spiro atoms. The number of amides is 1. The second-order valence-electron chi connectivity index (χ2n) is 6.05. The van der Waals surface area contributed by atoms with Gasteiger partial charge in [-0.3, -0.25) is 4.79 Å². The smallest absolute Gasteiger partial charge is 0.257 e. The molecule has 5 nitrogen and oxygen atoms in total. The molecule has 118 valence electrons. The van der Waals surface area contributed by atoms with Crippen molar-refractivity contribution < 1.29 is 9.32 Å². The van der Waals surface area contributed by atoms with E-state index in [9.17, 15) is 4.79 Å². The van der Waals surface area contributed by atoms with Gasteiger partial charge in [-0.15, -0.1) is 0 Å². The fourth-order valence-corrected chi connectivity index (χ4v) is 2.15. The predicted octanol–water partition coefficient (Wildman–Crippen LogP) is 3.09. The summed E-state index contributed by atoms with van der Waals surface area (Å²) < 4.78 is 5.30. The number of benzene rings is 1. The minimum Gasteiger partial charge on any atom is -0.345 e. The van der Waals surface area contributed by atoms with Crippen LogP contribution in [0.4, 0.5) is 0 Å². The van der Waals surface area contributed by atoms with E-state index in [2.05, 4.69) is 10.1 Å². The third-order valence-corrected chi connectivity index (χ3v) is 3.41. The third-order valence-electron chi connectivity index (χ3n) is 3.41. The fourth-order valence-electron chi connectivity index (χ4n) is 2.15. The Balaban J connectivity index is 1.94. The van der Waals surface area contributed by atoms with E-state index in [4.69, 9.17) is 4.52 Å². The molecule has 0 radical (unpaired) electrons. The number of aromatic nitrogens is 2. The van der Waals surface area contributed by atoms with Crippen molar-refractivity contribution in [3.63, 3.8) is 0 Å². The van der Waals surface area contributed by atoms with E-state index in [1.54, 1.807) is 4.90 Å². The Hall–Kier alpha value is -2.17. The summed E-state index contributed by atoms with van der Waals surface area (Å²) in [6.45, 7) is 6.70.